The molecule has 0 nitrogen and oxygen atoms in total. The Bertz CT molecular complexity index is 1630. The van der Waals surface area contributed by atoms with Crippen LogP contribution in [0.3, 0.4) is 0 Å². The van der Waals surface area contributed by atoms with Gasteiger partial charge in [0.25, 0.3) is 0 Å². The Morgan fingerprint density at radius 1 is 0.524 bits per heavy atom. The molecular weight excluding hydrogens is 504 g/mol. The second-order valence-electron chi connectivity index (χ2n) is 12.9. The van der Waals surface area contributed by atoms with E-state index >= 15 is 0 Å². The summed E-state index contributed by atoms with van der Waals surface area (Å²) in [5.41, 5.74) is 12.4. The van der Waals surface area contributed by atoms with Crippen LogP contribution in [0.4, 0.5) is 0 Å². The number of rotatable bonds is 5. The summed E-state index contributed by atoms with van der Waals surface area (Å²) in [6.45, 7) is 0. The molecule has 0 heterocycles. The molecule has 0 aromatic rings. The maximum absolute atomic E-state index is 2.51. The van der Waals surface area contributed by atoms with Gasteiger partial charge in [-0.2, -0.15) is 0 Å². The Labute approximate surface area is 251 Å². The van der Waals surface area contributed by atoms with Gasteiger partial charge in [-0.05, 0) is 83.1 Å². The highest BCUT2D eigenvalue weighted by Gasteiger charge is 2.43. The van der Waals surface area contributed by atoms with E-state index in [1.165, 1.54) is 16.7 Å². The van der Waals surface area contributed by atoms with Crippen LogP contribution in [-0.4, -0.2) is 0 Å². The van der Waals surface area contributed by atoms with Crippen molar-refractivity contribution in [1.82, 2.24) is 0 Å². The van der Waals surface area contributed by atoms with Gasteiger partial charge in [0, 0.05) is 35.5 Å². The van der Waals surface area contributed by atoms with E-state index in [2.05, 4.69) is 134 Å². The zero-order chi connectivity index (χ0) is 27.9. The Balaban J connectivity index is 1.20. The van der Waals surface area contributed by atoms with Gasteiger partial charge in [0.1, 0.15) is 0 Å². The fraction of sp³-hybridized carbons (Fsp3) is 0.286. The monoisotopic (exact) mass is 544 g/mol. The van der Waals surface area contributed by atoms with E-state index in [4.69, 9.17) is 0 Å². The second-order valence-corrected chi connectivity index (χ2v) is 12.9. The van der Waals surface area contributed by atoms with Crippen molar-refractivity contribution >= 4 is 0 Å². The number of hydrogen-bond donors (Lipinski definition) is 0. The van der Waals surface area contributed by atoms with Crippen LogP contribution in [-0.2, 0) is 0 Å². The molecule has 6 unspecified atom stereocenters. The zero-order valence-corrected chi connectivity index (χ0v) is 24.4. The van der Waals surface area contributed by atoms with Crippen molar-refractivity contribution in [1.29, 1.82) is 0 Å². The predicted octanol–water partition coefficient (Wildman–Crippen LogP) is 10.4. The van der Waals surface area contributed by atoms with Gasteiger partial charge in [0.2, 0.25) is 0 Å². The van der Waals surface area contributed by atoms with Gasteiger partial charge >= 0.3 is 0 Å². The molecule has 0 aromatic carbocycles. The minimum Gasteiger partial charge on any atom is -0.0842 e. The van der Waals surface area contributed by atoms with Crippen LogP contribution in [0.2, 0.25) is 0 Å². The molecule has 0 fully saturated rings. The molecule has 6 atom stereocenters. The largest absolute Gasteiger partial charge is 0.0842 e. The minimum absolute atomic E-state index is 0.438. The zero-order valence-electron chi connectivity index (χ0n) is 24.4. The summed E-state index contributed by atoms with van der Waals surface area (Å²) in [4.78, 5) is 0. The highest BCUT2D eigenvalue weighted by atomic mass is 14.5. The Morgan fingerprint density at radius 3 is 1.98 bits per heavy atom. The van der Waals surface area contributed by atoms with E-state index in [1.54, 1.807) is 27.9 Å². The van der Waals surface area contributed by atoms with Gasteiger partial charge in [-0.15, -0.1) is 0 Å². The van der Waals surface area contributed by atoms with E-state index < -0.39 is 0 Å². The van der Waals surface area contributed by atoms with Crippen LogP contribution in [0.25, 0.3) is 0 Å². The minimum atomic E-state index is 0.438. The molecule has 0 amide bonds. The predicted molar refractivity (Wildman–Crippen MR) is 177 cm³/mol. The molecule has 0 heteroatoms. The first-order valence-corrected chi connectivity index (χ1v) is 16.2. The molecule has 42 heavy (non-hydrogen) atoms. The molecule has 0 saturated carbocycles. The average molecular weight is 545 g/mol. The van der Waals surface area contributed by atoms with Gasteiger partial charge in [-0.25, -0.2) is 0 Å². The van der Waals surface area contributed by atoms with Gasteiger partial charge in [0.15, 0.2) is 0 Å². The van der Waals surface area contributed by atoms with Crippen LogP contribution >= 0.6 is 0 Å². The fourth-order valence-electron chi connectivity index (χ4n) is 8.67. The highest BCUT2D eigenvalue weighted by molar-refractivity contribution is 5.58. The molecule has 0 bridgehead atoms. The van der Waals surface area contributed by atoms with Crippen LogP contribution in [0.5, 0.6) is 0 Å². The van der Waals surface area contributed by atoms with E-state index in [1.807, 2.05) is 0 Å². The summed E-state index contributed by atoms with van der Waals surface area (Å²) in [6, 6.07) is 0. The summed E-state index contributed by atoms with van der Waals surface area (Å²) >= 11 is 0. The highest BCUT2D eigenvalue weighted by Crippen LogP contribution is 2.53. The van der Waals surface area contributed by atoms with E-state index in [0.717, 1.165) is 38.5 Å². The molecule has 8 aliphatic carbocycles. The molecule has 0 radical (unpaired) electrons. The lowest BCUT2D eigenvalue weighted by atomic mass is 9.57. The Morgan fingerprint density at radius 2 is 1.29 bits per heavy atom. The normalized spacial score (nSPS) is 34.1. The van der Waals surface area contributed by atoms with Crippen LogP contribution in [0, 0.1) is 35.5 Å². The van der Waals surface area contributed by atoms with Crippen molar-refractivity contribution in [2.24, 2.45) is 35.5 Å². The van der Waals surface area contributed by atoms with Gasteiger partial charge in [-0.3, -0.25) is 0 Å². The van der Waals surface area contributed by atoms with Crippen molar-refractivity contribution < 1.29 is 0 Å². The molecule has 8 rings (SSSR count). The van der Waals surface area contributed by atoms with Gasteiger partial charge in [-0.1, -0.05) is 134 Å². The van der Waals surface area contributed by atoms with Crippen molar-refractivity contribution in [2.75, 3.05) is 0 Å². The lowest BCUT2D eigenvalue weighted by molar-refractivity contribution is 0.315. The number of allylic oxidation sites excluding steroid dienone is 30. The molecule has 0 spiro atoms. The molecule has 0 N–H and O–H groups in total. The Kier molecular flexibility index (Phi) is 6.79. The van der Waals surface area contributed by atoms with E-state index in [-0.39, 0.29) is 0 Å². The second kappa shape index (κ2) is 11.1. The maximum Gasteiger partial charge on any atom is 0.00988 e. The summed E-state index contributed by atoms with van der Waals surface area (Å²) < 4.78 is 0. The summed E-state index contributed by atoms with van der Waals surface area (Å²) in [5.74, 6) is 3.03. The first-order valence-electron chi connectivity index (χ1n) is 16.2. The summed E-state index contributed by atoms with van der Waals surface area (Å²) in [5, 5.41) is 0. The Hall–Kier alpha value is -3.90. The number of hydrogen-bond acceptors (Lipinski definition) is 0. The first-order chi connectivity index (χ1) is 20.8. The van der Waals surface area contributed by atoms with E-state index in [0.29, 0.717) is 35.5 Å². The quantitative estimate of drug-likeness (QED) is 0.323. The van der Waals surface area contributed by atoms with Crippen molar-refractivity contribution in [3.63, 3.8) is 0 Å². The molecule has 0 aliphatic heterocycles. The molecule has 208 valence electrons. The smallest absolute Gasteiger partial charge is 0.00988 e. The van der Waals surface area contributed by atoms with Crippen molar-refractivity contribution in [2.45, 2.75) is 38.5 Å². The molecule has 8 aliphatic rings. The molecular formula is C42H40. The standard InChI is InChI=1S/C42H40/c1-4-11-30(12-5-1)39(31-13-6-2-7-14-31)40(32-15-8-3-9-16-32)35-21-19-29(20-22-35)37-27-25-36-24-23-33-17-10-18-34-26-28-38(37)42(36)41(33)34/h1-6,8-11,13,15,17-19,21,23-28,30,32-33,38,41-42H,7,12,14,16,20,22H2. The lowest BCUT2D eigenvalue weighted by Crippen LogP contribution is -2.37. The van der Waals surface area contributed by atoms with Gasteiger partial charge in [0.05, 0.1) is 0 Å². The third kappa shape index (κ3) is 4.53. The fourth-order valence-corrected chi connectivity index (χ4v) is 8.67. The van der Waals surface area contributed by atoms with Crippen LogP contribution in [0.1, 0.15) is 38.5 Å². The topological polar surface area (TPSA) is 0 Å². The van der Waals surface area contributed by atoms with Crippen LogP contribution in [0.15, 0.2) is 178 Å². The SMILES string of the molecule is C1=CCCC(C(=C(C2=CC=C(C3=CC=C4C=CC5C=CC=C6C=CC3C4C65)CC2)C2C=CC=CC2)C2C=CC=CC2)=C1. The van der Waals surface area contributed by atoms with E-state index in [9.17, 15) is 0 Å². The third-order valence-corrected chi connectivity index (χ3v) is 10.6. The van der Waals surface area contributed by atoms with Gasteiger partial charge < -0.3 is 0 Å². The summed E-state index contributed by atoms with van der Waals surface area (Å²) in [7, 11) is 0. The first kappa shape index (κ1) is 25.8. The summed E-state index contributed by atoms with van der Waals surface area (Å²) in [6.07, 6.45) is 58.9. The lowest BCUT2D eigenvalue weighted by Gasteiger charge is -2.46. The molecule has 0 aromatic heterocycles. The van der Waals surface area contributed by atoms with Crippen molar-refractivity contribution in [3.8, 4) is 0 Å². The van der Waals surface area contributed by atoms with Crippen molar-refractivity contribution in [3.05, 3.63) is 178 Å². The maximum atomic E-state index is 2.51. The van der Waals surface area contributed by atoms with Crippen LogP contribution < -0.4 is 0 Å². The molecule has 0 saturated heterocycles. The third-order valence-electron chi connectivity index (χ3n) is 10.6. The average Bonchev–Trinajstić information content (AvgIpc) is 3.07.